The standard InChI is InChI=1S/C13H21NO3/c1-4-7-14(8-5-2)10-12-11(6-9-17-12)13(15)16-3/h6,9H,4-5,7-8,10H2,1-3H3. The first kappa shape index (κ1) is 13.8. The predicted octanol–water partition coefficient (Wildman–Crippen LogP) is 2.69. The van der Waals surface area contributed by atoms with Crippen LogP contribution in [0.2, 0.25) is 0 Å². The first-order valence-corrected chi connectivity index (χ1v) is 6.09. The molecule has 0 bridgehead atoms. The summed E-state index contributed by atoms with van der Waals surface area (Å²) >= 11 is 0. The van der Waals surface area contributed by atoms with Gasteiger partial charge in [-0.3, -0.25) is 4.90 Å². The van der Waals surface area contributed by atoms with Gasteiger partial charge in [-0.2, -0.15) is 0 Å². The van der Waals surface area contributed by atoms with Crippen molar-refractivity contribution in [2.24, 2.45) is 0 Å². The van der Waals surface area contributed by atoms with Crippen LogP contribution < -0.4 is 0 Å². The molecule has 1 rings (SSSR count). The van der Waals surface area contributed by atoms with Crippen molar-refractivity contribution in [3.05, 3.63) is 23.7 Å². The topological polar surface area (TPSA) is 42.7 Å². The third-order valence-corrected chi connectivity index (χ3v) is 2.60. The first-order chi connectivity index (χ1) is 8.22. The highest BCUT2D eigenvalue weighted by atomic mass is 16.5. The Bertz CT molecular complexity index is 340. The average molecular weight is 239 g/mol. The van der Waals surface area contributed by atoms with Crippen LogP contribution in [0.15, 0.2) is 16.7 Å². The van der Waals surface area contributed by atoms with E-state index < -0.39 is 0 Å². The van der Waals surface area contributed by atoms with Gasteiger partial charge in [0, 0.05) is 0 Å². The molecule has 0 unspecified atom stereocenters. The van der Waals surface area contributed by atoms with Crippen LogP contribution in [-0.4, -0.2) is 31.1 Å². The van der Waals surface area contributed by atoms with Gasteiger partial charge in [0.2, 0.25) is 0 Å². The number of rotatable bonds is 7. The van der Waals surface area contributed by atoms with Crippen molar-refractivity contribution in [1.29, 1.82) is 0 Å². The zero-order valence-corrected chi connectivity index (χ0v) is 10.9. The summed E-state index contributed by atoms with van der Waals surface area (Å²) in [6, 6.07) is 1.66. The molecule has 0 saturated heterocycles. The highest BCUT2D eigenvalue weighted by Gasteiger charge is 2.17. The Morgan fingerprint density at radius 3 is 2.53 bits per heavy atom. The number of ether oxygens (including phenoxy) is 1. The van der Waals surface area contributed by atoms with Crippen LogP contribution in [0.25, 0.3) is 0 Å². The smallest absolute Gasteiger partial charge is 0.341 e. The summed E-state index contributed by atoms with van der Waals surface area (Å²) < 4.78 is 10.1. The maximum Gasteiger partial charge on any atom is 0.341 e. The summed E-state index contributed by atoms with van der Waals surface area (Å²) in [6.07, 6.45) is 3.72. The van der Waals surface area contributed by atoms with Crippen molar-refractivity contribution < 1.29 is 13.9 Å². The lowest BCUT2D eigenvalue weighted by Gasteiger charge is -2.19. The second kappa shape index (κ2) is 7.12. The fraction of sp³-hybridized carbons (Fsp3) is 0.615. The quantitative estimate of drug-likeness (QED) is 0.686. The van der Waals surface area contributed by atoms with Crippen molar-refractivity contribution in [2.45, 2.75) is 33.2 Å². The van der Waals surface area contributed by atoms with Crippen molar-refractivity contribution in [1.82, 2.24) is 4.90 Å². The fourth-order valence-corrected chi connectivity index (χ4v) is 1.86. The van der Waals surface area contributed by atoms with E-state index in [1.807, 2.05) is 0 Å². The second-order valence-electron chi connectivity index (χ2n) is 4.03. The molecule has 96 valence electrons. The number of furan rings is 1. The molecule has 1 aromatic rings. The van der Waals surface area contributed by atoms with E-state index >= 15 is 0 Å². The molecule has 0 aliphatic rings. The molecule has 0 saturated carbocycles. The van der Waals surface area contributed by atoms with E-state index in [2.05, 4.69) is 18.7 Å². The van der Waals surface area contributed by atoms with Gasteiger partial charge in [0.05, 0.1) is 19.9 Å². The molecule has 0 atom stereocenters. The normalized spacial score (nSPS) is 10.8. The molecule has 0 fully saturated rings. The summed E-state index contributed by atoms with van der Waals surface area (Å²) in [5.74, 6) is 0.362. The lowest BCUT2D eigenvalue weighted by Crippen LogP contribution is -2.25. The fourth-order valence-electron chi connectivity index (χ4n) is 1.86. The molecular weight excluding hydrogens is 218 g/mol. The molecule has 0 amide bonds. The van der Waals surface area contributed by atoms with Gasteiger partial charge in [0.15, 0.2) is 0 Å². The first-order valence-electron chi connectivity index (χ1n) is 6.09. The molecule has 4 heteroatoms. The number of esters is 1. The molecule has 1 heterocycles. The van der Waals surface area contributed by atoms with E-state index in [1.54, 1.807) is 6.07 Å². The summed E-state index contributed by atoms with van der Waals surface area (Å²) in [6.45, 7) is 6.97. The Balaban J connectivity index is 2.71. The Morgan fingerprint density at radius 1 is 1.35 bits per heavy atom. The van der Waals surface area contributed by atoms with Crippen LogP contribution in [0.1, 0.15) is 42.8 Å². The minimum Gasteiger partial charge on any atom is -0.467 e. The molecule has 17 heavy (non-hydrogen) atoms. The van der Waals surface area contributed by atoms with E-state index in [-0.39, 0.29) is 5.97 Å². The van der Waals surface area contributed by atoms with Gasteiger partial charge in [0.25, 0.3) is 0 Å². The van der Waals surface area contributed by atoms with Gasteiger partial charge in [-0.15, -0.1) is 0 Å². The highest BCUT2D eigenvalue weighted by molar-refractivity contribution is 5.90. The maximum atomic E-state index is 11.5. The number of hydrogen-bond donors (Lipinski definition) is 0. The van der Waals surface area contributed by atoms with Crippen molar-refractivity contribution in [2.75, 3.05) is 20.2 Å². The number of carbonyl (C=O) groups is 1. The van der Waals surface area contributed by atoms with Crippen LogP contribution in [-0.2, 0) is 11.3 Å². The van der Waals surface area contributed by atoms with Gasteiger partial charge in [-0.1, -0.05) is 13.8 Å². The van der Waals surface area contributed by atoms with Gasteiger partial charge in [-0.05, 0) is 32.0 Å². The molecule has 0 aliphatic heterocycles. The Labute approximate surface area is 103 Å². The van der Waals surface area contributed by atoms with Crippen LogP contribution >= 0.6 is 0 Å². The SMILES string of the molecule is CCCN(CCC)Cc1occc1C(=O)OC. The summed E-state index contributed by atoms with van der Waals surface area (Å²) in [5, 5.41) is 0. The van der Waals surface area contributed by atoms with Crippen LogP contribution in [0.3, 0.4) is 0 Å². The molecule has 1 aromatic heterocycles. The van der Waals surface area contributed by atoms with Crippen molar-refractivity contribution in [3.8, 4) is 0 Å². The van der Waals surface area contributed by atoms with Gasteiger partial charge in [0.1, 0.15) is 11.3 Å². The van der Waals surface area contributed by atoms with Gasteiger partial charge in [-0.25, -0.2) is 4.79 Å². The van der Waals surface area contributed by atoms with E-state index in [9.17, 15) is 4.79 Å². The molecular formula is C13H21NO3. The monoisotopic (exact) mass is 239 g/mol. The Morgan fingerprint density at radius 2 is 2.00 bits per heavy atom. The van der Waals surface area contributed by atoms with Crippen LogP contribution in [0.4, 0.5) is 0 Å². The molecule has 0 radical (unpaired) electrons. The molecule has 0 aliphatic carbocycles. The molecule has 4 nitrogen and oxygen atoms in total. The molecule has 0 aromatic carbocycles. The zero-order chi connectivity index (χ0) is 12.7. The van der Waals surface area contributed by atoms with E-state index in [1.165, 1.54) is 13.4 Å². The average Bonchev–Trinajstić information content (AvgIpc) is 2.77. The third kappa shape index (κ3) is 3.89. The van der Waals surface area contributed by atoms with Crippen molar-refractivity contribution >= 4 is 5.97 Å². The van der Waals surface area contributed by atoms with E-state index in [4.69, 9.17) is 9.15 Å². The van der Waals surface area contributed by atoms with E-state index in [0.717, 1.165) is 25.9 Å². The third-order valence-electron chi connectivity index (χ3n) is 2.60. The van der Waals surface area contributed by atoms with E-state index in [0.29, 0.717) is 17.9 Å². The molecule has 0 spiro atoms. The summed E-state index contributed by atoms with van der Waals surface area (Å²) in [5.41, 5.74) is 0.532. The van der Waals surface area contributed by atoms with Crippen LogP contribution in [0.5, 0.6) is 0 Å². The van der Waals surface area contributed by atoms with Crippen molar-refractivity contribution in [3.63, 3.8) is 0 Å². The summed E-state index contributed by atoms with van der Waals surface area (Å²) in [7, 11) is 1.38. The Kier molecular flexibility index (Phi) is 5.77. The van der Waals surface area contributed by atoms with Gasteiger partial charge >= 0.3 is 5.97 Å². The second-order valence-corrected chi connectivity index (χ2v) is 4.03. The number of hydrogen-bond acceptors (Lipinski definition) is 4. The minimum atomic E-state index is -0.332. The number of carbonyl (C=O) groups excluding carboxylic acids is 1. The maximum absolute atomic E-state index is 11.5. The molecule has 0 N–H and O–H groups in total. The number of nitrogens with zero attached hydrogens (tertiary/aromatic N) is 1. The van der Waals surface area contributed by atoms with Crippen LogP contribution in [0, 0.1) is 0 Å². The number of methoxy groups -OCH3 is 1. The lowest BCUT2D eigenvalue weighted by atomic mass is 10.2. The minimum absolute atomic E-state index is 0.332. The summed E-state index contributed by atoms with van der Waals surface area (Å²) in [4.78, 5) is 13.8. The largest absolute Gasteiger partial charge is 0.467 e. The Hall–Kier alpha value is -1.29. The lowest BCUT2D eigenvalue weighted by molar-refractivity contribution is 0.0596. The highest BCUT2D eigenvalue weighted by Crippen LogP contribution is 2.15. The predicted molar refractivity (Wildman–Crippen MR) is 65.9 cm³/mol. The zero-order valence-electron chi connectivity index (χ0n) is 10.9. The van der Waals surface area contributed by atoms with Gasteiger partial charge < -0.3 is 9.15 Å².